The molecule has 1 aliphatic carbocycles. The molecular weight excluding hydrogens is 404 g/mol. The minimum absolute atomic E-state index is 0.675. The number of benzene rings is 1. The summed E-state index contributed by atoms with van der Waals surface area (Å²) < 4.78 is 11.8. The minimum Gasteiger partial charge on any atom is -0.459 e. The van der Waals surface area contributed by atoms with Gasteiger partial charge in [-0.05, 0) is 48.2 Å². The first-order valence-electron chi connectivity index (χ1n) is 11.2. The number of rotatable bonds is 7. The molecule has 1 aliphatic heterocycles. The van der Waals surface area contributed by atoms with E-state index in [4.69, 9.17) is 9.15 Å². The molecule has 3 aromatic rings. The second-order valence-electron chi connectivity index (χ2n) is 8.24. The van der Waals surface area contributed by atoms with E-state index >= 15 is 0 Å². The molecule has 7 heteroatoms. The van der Waals surface area contributed by atoms with Crippen LogP contribution in [0, 0.1) is 0 Å². The van der Waals surface area contributed by atoms with Gasteiger partial charge in [0.15, 0.2) is 0 Å². The molecule has 7 nitrogen and oxygen atoms in total. The molecule has 1 aromatic carbocycles. The third-order valence-corrected chi connectivity index (χ3v) is 6.21. The molecule has 2 aromatic heterocycles. The molecular formula is C25H28N4O3. The average Bonchev–Trinajstić information content (AvgIpc) is 3.47. The molecule has 3 heterocycles. The fourth-order valence-electron chi connectivity index (χ4n) is 4.48. The zero-order chi connectivity index (χ0) is 21.8. The first-order chi connectivity index (χ1) is 15.8. The molecule has 0 bridgehead atoms. The number of furan rings is 1. The Labute approximate surface area is 187 Å². The van der Waals surface area contributed by atoms with Gasteiger partial charge in [0.05, 0.1) is 25.5 Å². The lowest BCUT2D eigenvalue weighted by Gasteiger charge is -2.26. The fourth-order valence-corrected chi connectivity index (χ4v) is 4.48. The predicted molar refractivity (Wildman–Crippen MR) is 123 cm³/mol. The number of pyridine rings is 1. The van der Waals surface area contributed by atoms with Crippen molar-refractivity contribution in [3.05, 3.63) is 65.7 Å². The zero-order valence-electron chi connectivity index (χ0n) is 18.1. The van der Waals surface area contributed by atoms with E-state index in [-0.39, 0.29) is 0 Å². The standard InChI is InChI=1S/C25H28N4O3/c30-28-24-4-2-19-15-20(1-3-22(19)24)25-23(18-5-7-26-8-6-18)16-21(32-25)17-27-9-10-29-11-13-31-14-12-29/h1,3,5-8,15-16,27,30H,2,4,9-14,17H2. The van der Waals surface area contributed by atoms with E-state index in [1.807, 2.05) is 18.2 Å². The van der Waals surface area contributed by atoms with Crippen molar-refractivity contribution in [3.8, 4) is 22.5 Å². The number of aromatic nitrogens is 1. The molecule has 2 N–H and O–H groups in total. The monoisotopic (exact) mass is 432 g/mol. The highest BCUT2D eigenvalue weighted by Gasteiger charge is 2.21. The van der Waals surface area contributed by atoms with Crippen molar-refractivity contribution in [3.63, 3.8) is 0 Å². The van der Waals surface area contributed by atoms with Gasteiger partial charge >= 0.3 is 0 Å². The van der Waals surface area contributed by atoms with Crippen LogP contribution in [-0.2, 0) is 17.7 Å². The molecule has 0 unspecified atom stereocenters. The SMILES string of the molecule is ON=C1CCc2cc(-c3oc(CNCCN4CCOCC4)cc3-c3ccncc3)ccc21. The Morgan fingerprint density at radius 1 is 1.00 bits per heavy atom. The normalized spacial score (nSPS) is 17.7. The van der Waals surface area contributed by atoms with Gasteiger partial charge in [-0.3, -0.25) is 9.88 Å². The number of nitrogens with zero attached hydrogens (tertiary/aromatic N) is 3. The number of hydrogen-bond acceptors (Lipinski definition) is 7. The minimum atomic E-state index is 0.675. The highest BCUT2D eigenvalue weighted by atomic mass is 16.5. The number of hydrogen-bond donors (Lipinski definition) is 2. The van der Waals surface area contributed by atoms with Crippen LogP contribution in [0.3, 0.4) is 0 Å². The molecule has 166 valence electrons. The average molecular weight is 433 g/mol. The van der Waals surface area contributed by atoms with Crippen LogP contribution >= 0.6 is 0 Å². The van der Waals surface area contributed by atoms with Gasteiger partial charge < -0.3 is 19.7 Å². The summed E-state index contributed by atoms with van der Waals surface area (Å²) in [5, 5.41) is 16.2. The highest BCUT2D eigenvalue weighted by molar-refractivity contribution is 6.04. The first-order valence-corrected chi connectivity index (χ1v) is 11.2. The van der Waals surface area contributed by atoms with Gasteiger partial charge in [-0.25, -0.2) is 0 Å². The summed E-state index contributed by atoms with van der Waals surface area (Å²) in [7, 11) is 0. The molecule has 0 atom stereocenters. The molecule has 1 saturated heterocycles. The van der Waals surface area contributed by atoms with E-state index in [9.17, 15) is 5.21 Å². The van der Waals surface area contributed by atoms with Gasteiger partial charge in [0.1, 0.15) is 11.5 Å². The molecule has 32 heavy (non-hydrogen) atoms. The van der Waals surface area contributed by atoms with Crippen molar-refractivity contribution in [1.29, 1.82) is 0 Å². The van der Waals surface area contributed by atoms with Crippen LogP contribution in [-0.4, -0.2) is 60.2 Å². The molecule has 1 fully saturated rings. The van der Waals surface area contributed by atoms with Crippen LogP contribution in [0.25, 0.3) is 22.5 Å². The van der Waals surface area contributed by atoms with Gasteiger partial charge in [-0.2, -0.15) is 0 Å². The van der Waals surface area contributed by atoms with Gasteiger partial charge in [0, 0.05) is 55.3 Å². The zero-order valence-corrected chi connectivity index (χ0v) is 18.1. The second kappa shape index (κ2) is 9.65. The van der Waals surface area contributed by atoms with Gasteiger partial charge in [0.25, 0.3) is 0 Å². The maximum absolute atomic E-state index is 9.23. The third kappa shape index (κ3) is 4.46. The quantitative estimate of drug-likeness (QED) is 0.338. The maximum atomic E-state index is 9.23. The number of oxime groups is 1. The van der Waals surface area contributed by atoms with E-state index in [0.717, 1.165) is 91.7 Å². The van der Waals surface area contributed by atoms with Crippen molar-refractivity contribution in [2.24, 2.45) is 5.16 Å². The molecule has 0 saturated carbocycles. The van der Waals surface area contributed by atoms with Crippen LogP contribution in [0.2, 0.25) is 0 Å². The lowest BCUT2D eigenvalue weighted by Crippen LogP contribution is -2.40. The van der Waals surface area contributed by atoms with E-state index in [0.29, 0.717) is 6.54 Å². The van der Waals surface area contributed by atoms with E-state index < -0.39 is 0 Å². The highest BCUT2D eigenvalue weighted by Crippen LogP contribution is 2.37. The van der Waals surface area contributed by atoms with Crippen LogP contribution in [0.5, 0.6) is 0 Å². The predicted octanol–water partition coefficient (Wildman–Crippen LogP) is 3.55. The van der Waals surface area contributed by atoms with E-state index in [1.165, 1.54) is 5.56 Å². The van der Waals surface area contributed by atoms with E-state index in [1.54, 1.807) is 12.4 Å². The molecule has 2 aliphatic rings. The van der Waals surface area contributed by atoms with Gasteiger partial charge in [-0.15, -0.1) is 0 Å². The molecule has 0 amide bonds. The summed E-state index contributed by atoms with van der Waals surface area (Å²) in [6, 6.07) is 12.4. The summed E-state index contributed by atoms with van der Waals surface area (Å²) in [5.74, 6) is 1.77. The van der Waals surface area contributed by atoms with Crippen molar-refractivity contribution in [2.75, 3.05) is 39.4 Å². The summed E-state index contributed by atoms with van der Waals surface area (Å²) in [4.78, 5) is 6.57. The molecule has 0 radical (unpaired) electrons. The Morgan fingerprint density at radius 2 is 1.84 bits per heavy atom. The van der Waals surface area contributed by atoms with Crippen molar-refractivity contribution < 1.29 is 14.4 Å². The molecule has 5 rings (SSSR count). The number of ether oxygens (including phenoxy) is 1. The maximum Gasteiger partial charge on any atom is 0.142 e. The Bertz CT molecular complexity index is 1090. The third-order valence-electron chi connectivity index (χ3n) is 6.21. The summed E-state index contributed by atoms with van der Waals surface area (Å²) in [6.07, 6.45) is 5.25. The van der Waals surface area contributed by atoms with Crippen LogP contribution < -0.4 is 5.32 Å². The second-order valence-corrected chi connectivity index (χ2v) is 8.24. The van der Waals surface area contributed by atoms with Crippen molar-refractivity contribution in [2.45, 2.75) is 19.4 Å². The first kappa shape index (κ1) is 20.9. The Hall–Kier alpha value is -3.00. The van der Waals surface area contributed by atoms with Crippen LogP contribution in [0.1, 0.15) is 23.3 Å². The smallest absolute Gasteiger partial charge is 0.142 e. The van der Waals surface area contributed by atoms with Crippen molar-refractivity contribution in [1.82, 2.24) is 15.2 Å². The van der Waals surface area contributed by atoms with Gasteiger partial charge in [-0.1, -0.05) is 17.3 Å². The number of nitrogens with one attached hydrogen (secondary N) is 1. The lowest BCUT2D eigenvalue weighted by atomic mass is 9.99. The van der Waals surface area contributed by atoms with Crippen LogP contribution in [0.15, 0.2) is 58.4 Å². The number of fused-ring (bicyclic) bond motifs is 1. The summed E-state index contributed by atoms with van der Waals surface area (Å²) in [6.45, 7) is 6.23. The Balaban J connectivity index is 1.36. The Morgan fingerprint density at radius 3 is 2.66 bits per heavy atom. The lowest BCUT2D eigenvalue weighted by molar-refractivity contribution is 0.0383. The number of aryl methyl sites for hydroxylation is 1. The topological polar surface area (TPSA) is 83.1 Å². The molecule has 0 spiro atoms. The summed E-state index contributed by atoms with van der Waals surface area (Å²) in [5.41, 5.74) is 6.15. The van der Waals surface area contributed by atoms with Crippen molar-refractivity contribution >= 4 is 5.71 Å². The largest absolute Gasteiger partial charge is 0.459 e. The van der Waals surface area contributed by atoms with E-state index in [2.05, 4.69) is 38.6 Å². The summed E-state index contributed by atoms with van der Waals surface area (Å²) >= 11 is 0. The fraction of sp³-hybridized carbons (Fsp3) is 0.360. The number of morpholine rings is 1. The van der Waals surface area contributed by atoms with Gasteiger partial charge in [0.2, 0.25) is 0 Å². The van der Waals surface area contributed by atoms with Crippen LogP contribution in [0.4, 0.5) is 0 Å². The Kier molecular flexibility index (Phi) is 6.29.